The highest BCUT2D eigenvalue weighted by molar-refractivity contribution is 5.94. The van der Waals surface area contributed by atoms with Crippen LogP contribution in [0.4, 0.5) is 8.78 Å². The number of rotatable bonds is 6. The maximum atomic E-state index is 13.4. The van der Waals surface area contributed by atoms with E-state index in [1.165, 1.54) is 0 Å². The van der Waals surface area contributed by atoms with Crippen LogP contribution in [0, 0.1) is 11.6 Å². The second-order valence-electron chi connectivity index (χ2n) is 5.63. The van der Waals surface area contributed by atoms with Crippen LogP contribution in [0.25, 0.3) is 0 Å². The molecule has 1 fully saturated rings. The largest absolute Gasteiger partial charge is 0.352 e. The van der Waals surface area contributed by atoms with Gasteiger partial charge in [-0.25, -0.2) is 8.78 Å². The third kappa shape index (κ3) is 4.72. The van der Waals surface area contributed by atoms with Gasteiger partial charge in [-0.3, -0.25) is 9.59 Å². The summed E-state index contributed by atoms with van der Waals surface area (Å²) in [5, 5.41) is 5.74. The Morgan fingerprint density at radius 2 is 2.17 bits per heavy atom. The van der Waals surface area contributed by atoms with Gasteiger partial charge in [0.15, 0.2) is 0 Å². The van der Waals surface area contributed by atoms with E-state index in [9.17, 15) is 18.4 Å². The van der Waals surface area contributed by atoms with Crippen LogP contribution in [0.15, 0.2) is 18.2 Å². The van der Waals surface area contributed by atoms with Crippen LogP contribution in [0.1, 0.15) is 29.6 Å². The second-order valence-corrected chi connectivity index (χ2v) is 5.63. The van der Waals surface area contributed by atoms with Crippen LogP contribution < -0.4 is 10.6 Å². The summed E-state index contributed by atoms with van der Waals surface area (Å²) < 4.78 is 26.2. The lowest BCUT2D eigenvalue weighted by Gasteiger charge is -2.23. The Morgan fingerprint density at radius 3 is 2.83 bits per heavy atom. The number of likely N-dealkylation sites (N-methyl/N-ethyl adjacent to an activating group) is 1. The molecule has 5 nitrogen and oxygen atoms in total. The van der Waals surface area contributed by atoms with Crippen molar-refractivity contribution in [3.63, 3.8) is 0 Å². The minimum absolute atomic E-state index is 0.0286. The second kappa shape index (κ2) is 8.01. The molecule has 126 valence electrons. The number of nitrogens with zero attached hydrogens (tertiary/aromatic N) is 1. The molecule has 1 atom stereocenters. The number of benzene rings is 1. The lowest BCUT2D eigenvalue weighted by molar-refractivity contribution is -0.131. The molecule has 1 aromatic rings. The monoisotopic (exact) mass is 325 g/mol. The van der Waals surface area contributed by atoms with Crippen LogP contribution in [-0.2, 0) is 4.79 Å². The van der Waals surface area contributed by atoms with Gasteiger partial charge in [0.05, 0.1) is 5.56 Å². The minimum Gasteiger partial charge on any atom is -0.352 e. The number of amides is 2. The van der Waals surface area contributed by atoms with Crippen molar-refractivity contribution in [3.8, 4) is 0 Å². The van der Waals surface area contributed by atoms with E-state index >= 15 is 0 Å². The van der Waals surface area contributed by atoms with Crippen LogP contribution >= 0.6 is 0 Å². The number of carbonyl (C=O) groups is 2. The van der Waals surface area contributed by atoms with Crippen LogP contribution in [-0.4, -0.2) is 49.4 Å². The van der Waals surface area contributed by atoms with Crippen molar-refractivity contribution in [2.45, 2.75) is 25.3 Å². The minimum atomic E-state index is -0.896. The van der Waals surface area contributed by atoms with Gasteiger partial charge in [-0.2, -0.15) is 0 Å². The zero-order valence-electron chi connectivity index (χ0n) is 13.1. The van der Waals surface area contributed by atoms with Crippen molar-refractivity contribution in [2.24, 2.45) is 0 Å². The molecule has 0 bridgehead atoms. The van der Waals surface area contributed by atoms with E-state index in [1.807, 2.05) is 0 Å². The van der Waals surface area contributed by atoms with E-state index in [0.29, 0.717) is 18.9 Å². The van der Waals surface area contributed by atoms with Crippen molar-refractivity contribution in [1.29, 1.82) is 0 Å². The van der Waals surface area contributed by atoms with E-state index in [-0.39, 0.29) is 24.1 Å². The summed E-state index contributed by atoms with van der Waals surface area (Å²) in [6, 6.07) is 3.03. The molecule has 0 spiro atoms. The van der Waals surface area contributed by atoms with Crippen LogP contribution in [0.3, 0.4) is 0 Å². The summed E-state index contributed by atoms with van der Waals surface area (Å²) in [5.74, 6) is -2.20. The maximum absolute atomic E-state index is 13.4. The Morgan fingerprint density at radius 1 is 1.39 bits per heavy atom. The molecule has 2 rings (SSSR count). The van der Waals surface area contributed by atoms with Gasteiger partial charge in [0.1, 0.15) is 11.6 Å². The summed E-state index contributed by atoms with van der Waals surface area (Å²) >= 11 is 0. The Balaban J connectivity index is 1.72. The van der Waals surface area contributed by atoms with Gasteiger partial charge in [-0.05, 0) is 31.5 Å². The molecule has 0 aliphatic carbocycles. The third-order valence-electron chi connectivity index (χ3n) is 4.00. The molecule has 2 N–H and O–H groups in total. The van der Waals surface area contributed by atoms with Gasteiger partial charge < -0.3 is 15.5 Å². The fourth-order valence-electron chi connectivity index (χ4n) is 2.56. The SMILES string of the molecule is CN(C(=O)CCCNC(=O)c1ccc(F)cc1F)C1CCNC1. The standard InChI is InChI=1S/C16H21F2N3O2/c1-21(12-6-8-19-10-12)15(22)3-2-7-20-16(23)13-5-4-11(17)9-14(13)18/h4-5,9,12,19H,2-3,6-8,10H2,1H3,(H,20,23). The molecule has 1 unspecified atom stereocenters. The van der Waals surface area contributed by atoms with Crippen LogP contribution in [0.5, 0.6) is 0 Å². The number of carbonyl (C=O) groups excluding carboxylic acids is 2. The average molecular weight is 325 g/mol. The first-order valence-electron chi connectivity index (χ1n) is 7.68. The molecule has 7 heteroatoms. The number of halogens is 2. The first-order valence-corrected chi connectivity index (χ1v) is 7.68. The molecule has 0 radical (unpaired) electrons. The summed E-state index contributed by atoms with van der Waals surface area (Å²) in [4.78, 5) is 25.5. The average Bonchev–Trinajstić information content (AvgIpc) is 3.04. The predicted octanol–water partition coefficient (Wildman–Crippen LogP) is 1.30. The lowest BCUT2D eigenvalue weighted by atomic mass is 10.2. The summed E-state index contributed by atoms with van der Waals surface area (Å²) in [6.45, 7) is 1.99. The van der Waals surface area contributed by atoms with Crippen molar-refractivity contribution in [1.82, 2.24) is 15.5 Å². The highest BCUT2D eigenvalue weighted by atomic mass is 19.1. The first kappa shape index (κ1) is 17.3. The molecule has 2 amide bonds. The number of hydrogen-bond donors (Lipinski definition) is 2. The molecule has 1 aromatic carbocycles. The topological polar surface area (TPSA) is 61.4 Å². The molecular weight excluding hydrogens is 304 g/mol. The van der Waals surface area contributed by atoms with Crippen molar-refractivity contribution >= 4 is 11.8 Å². The number of hydrogen-bond acceptors (Lipinski definition) is 3. The molecular formula is C16H21F2N3O2. The van der Waals surface area contributed by atoms with E-state index in [4.69, 9.17) is 0 Å². The van der Waals surface area contributed by atoms with E-state index in [0.717, 1.165) is 31.6 Å². The van der Waals surface area contributed by atoms with Gasteiger partial charge in [0, 0.05) is 38.7 Å². The summed E-state index contributed by atoms with van der Waals surface area (Å²) in [6.07, 6.45) is 1.74. The predicted molar refractivity (Wildman–Crippen MR) is 82.0 cm³/mol. The number of nitrogens with one attached hydrogen (secondary N) is 2. The van der Waals surface area contributed by atoms with Crippen molar-refractivity contribution < 1.29 is 18.4 Å². The van der Waals surface area contributed by atoms with Crippen molar-refractivity contribution in [2.75, 3.05) is 26.7 Å². The van der Waals surface area contributed by atoms with Gasteiger partial charge in [-0.1, -0.05) is 0 Å². The molecule has 0 aromatic heterocycles. The van der Waals surface area contributed by atoms with E-state index in [1.54, 1.807) is 11.9 Å². The van der Waals surface area contributed by atoms with Gasteiger partial charge >= 0.3 is 0 Å². The maximum Gasteiger partial charge on any atom is 0.254 e. The fraction of sp³-hybridized carbons (Fsp3) is 0.500. The Hall–Kier alpha value is -2.02. The summed E-state index contributed by atoms with van der Waals surface area (Å²) in [5.41, 5.74) is -0.202. The lowest BCUT2D eigenvalue weighted by Crippen LogP contribution is -2.38. The zero-order valence-corrected chi connectivity index (χ0v) is 13.1. The molecule has 1 saturated heterocycles. The van der Waals surface area contributed by atoms with Gasteiger partial charge in [0.2, 0.25) is 5.91 Å². The van der Waals surface area contributed by atoms with E-state index < -0.39 is 17.5 Å². The molecule has 0 saturated carbocycles. The highest BCUT2D eigenvalue weighted by Crippen LogP contribution is 2.10. The van der Waals surface area contributed by atoms with Gasteiger partial charge in [-0.15, -0.1) is 0 Å². The van der Waals surface area contributed by atoms with E-state index in [2.05, 4.69) is 10.6 Å². The molecule has 1 aliphatic heterocycles. The zero-order chi connectivity index (χ0) is 16.8. The highest BCUT2D eigenvalue weighted by Gasteiger charge is 2.22. The quantitative estimate of drug-likeness (QED) is 0.775. The summed E-state index contributed by atoms with van der Waals surface area (Å²) in [7, 11) is 1.78. The Kier molecular flexibility index (Phi) is 6.04. The van der Waals surface area contributed by atoms with Crippen LogP contribution in [0.2, 0.25) is 0 Å². The fourth-order valence-corrected chi connectivity index (χ4v) is 2.56. The Labute approximate surface area is 134 Å². The third-order valence-corrected chi connectivity index (χ3v) is 4.00. The van der Waals surface area contributed by atoms with Gasteiger partial charge in [0.25, 0.3) is 5.91 Å². The normalized spacial score (nSPS) is 17.1. The molecule has 1 aliphatic rings. The Bertz CT molecular complexity index is 574. The van der Waals surface area contributed by atoms with Crippen molar-refractivity contribution in [3.05, 3.63) is 35.4 Å². The molecule has 1 heterocycles. The first-order chi connectivity index (χ1) is 11.0. The smallest absolute Gasteiger partial charge is 0.254 e. The molecule has 23 heavy (non-hydrogen) atoms.